The Hall–Kier alpha value is -1.05. The maximum atomic E-state index is 10.6. The highest BCUT2D eigenvalue weighted by Crippen LogP contribution is 2.26. The van der Waals surface area contributed by atoms with Crippen molar-refractivity contribution in [3.8, 4) is 11.6 Å². The minimum atomic E-state index is -4.09. The van der Waals surface area contributed by atoms with Crippen LogP contribution in [-0.4, -0.2) is 20.5 Å². The maximum Gasteiger partial charge on any atom is 0.380 e. The molecular weight excluding hydrogens is 232 g/mol. The molecule has 0 aliphatic carbocycles. The summed E-state index contributed by atoms with van der Waals surface area (Å²) < 4.78 is 30.3. The van der Waals surface area contributed by atoms with Crippen LogP contribution in [0.2, 0.25) is 5.15 Å². The molecule has 0 atom stereocenters. The topological polar surface area (TPSA) is 91.5 Å². The highest BCUT2D eigenvalue weighted by Gasteiger charge is 2.12. The molecule has 1 heterocycles. The zero-order chi connectivity index (χ0) is 10.8. The van der Waals surface area contributed by atoms with Crippen LogP contribution in [0, 0.1) is 0 Å². The molecule has 14 heavy (non-hydrogen) atoms. The molecular formula is C6H7ClN2O4S. The van der Waals surface area contributed by atoms with Crippen LogP contribution < -0.4 is 14.1 Å². The number of nitrogens with zero attached hydrogens (tertiary/aromatic N) is 1. The molecule has 1 aromatic rings. The Balaban J connectivity index is 3.09. The molecule has 78 valence electrons. The van der Waals surface area contributed by atoms with Gasteiger partial charge in [-0.25, -0.2) is 0 Å². The summed E-state index contributed by atoms with van der Waals surface area (Å²) >= 11 is 5.54. The Morgan fingerprint density at radius 3 is 2.64 bits per heavy atom. The van der Waals surface area contributed by atoms with Gasteiger partial charge in [-0.1, -0.05) is 11.6 Å². The van der Waals surface area contributed by atoms with Gasteiger partial charge < -0.3 is 8.92 Å². The number of methoxy groups -OCH3 is 1. The van der Waals surface area contributed by atoms with Gasteiger partial charge in [0.05, 0.1) is 7.11 Å². The van der Waals surface area contributed by atoms with E-state index >= 15 is 0 Å². The number of halogens is 1. The maximum absolute atomic E-state index is 10.6. The van der Waals surface area contributed by atoms with Gasteiger partial charge in [0, 0.05) is 0 Å². The largest absolute Gasteiger partial charge is 0.478 e. The van der Waals surface area contributed by atoms with Crippen molar-refractivity contribution < 1.29 is 17.3 Å². The normalized spacial score (nSPS) is 11.1. The van der Waals surface area contributed by atoms with Crippen molar-refractivity contribution in [1.82, 2.24) is 4.98 Å². The molecule has 0 bridgehead atoms. The Bertz CT molecular complexity index is 433. The van der Waals surface area contributed by atoms with Crippen LogP contribution in [-0.2, 0) is 10.3 Å². The first-order valence-corrected chi connectivity index (χ1v) is 5.20. The van der Waals surface area contributed by atoms with Crippen molar-refractivity contribution in [2.45, 2.75) is 0 Å². The fourth-order valence-corrected chi connectivity index (χ4v) is 1.26. The zero-order valence-corrected chi connectivity index (χ0v) is 8.67. The number of hydrogen-bond acceptors (Lipinski definition) is 5. The summed E-state index contributed by atoms with van der Waals surface area (Å²) in [6.45, 7) is 0. The van der Waals surface area contributed by atoms with Gasteiger partial charge in [-0.05, 0) is 12.1 Å². The van der Waals surface area contributed by atoms with E-state index in [1.54, 1.807) is 0 Å². The Kier molecular flexibility index (Phi) is 3.14. The molecule has 0 radical (unpaired) electrons. The SMILES string of the molecule is COc1nc(Cl)ccc1OS(N)(=O)=O. The van der Waals surface area contributed by atoms with Gasteiger partial charge in [0.25, 0.3) is 5.88 Å². The van der Waals surface area contributed by atoms with Gasteiger partial charge in [0.1, 0.15) is 5.15 Å². The molecule has 0 aromatic carbocycles. The molecule has 0 fully saturated rings. The van der Waals surface area contributed by atoms with Gasteiger partial charge in [-0.3, -0.25) is 0 Å². The van der Waals surface area contributed by atoms with Crippen LogP contribution in [0.15, 0.2) is 12.1 Å². The van der Waals surface area contributed by atoms with E-state index in [9.17, 15) is 8.42 Å². The first-order chi connectivity index (χ1) is 6.42. The van der Waals surface area contributed by atoms with E-state index < -0.39 is 10.3 Å². The monoisotopic (exact) mass is 238 g/mol. The second-order valence-corrected chi connectivity index (χ2v) is 3.76. The summed E-state index contributed by atoms with van der Waals surface area (Å²) in [6, 6.07) is 2.64. The lowest BCUT2D eigenvalue weighted by Crippen LogP contribution is -2.19. The summed E-state index contributed by atoms with van der Waals surface area (Å²) in [7, 11) is -2.79. The number of nitrogens with two attached hydrogens (primary N) is 1. The average molecular weight is 239 g/mol. The third-order valence-electron chi connectivity index (χ3n) is 1.19. The van der Waals surface area contributed by atoms with Crippen LogP contribution in [0.4, 0.5) is 0 Å². The van der Waals surface area contributed by atoms with Crippen molar-refractivity contribution in [2.75, 3.05) is 7.11 Å². The van der Waals surface area contributed by atoms with Crippen LogP contribution in [0.5, 0.6) is 11.6 Å². The van der Waals surface area contributed by atoms with Crippen molar-refractivity contribution in [3.05, 3.63) is 17.3 Å². The molecule has 0 saturated carbocycles. The molecule has 0 unspecified atom stereocenters. The predicted molar refractivity (Wildman–Crippen MR) is 49.5 cm³/mol. The number of aromatic nitrogens is 1. The lowest BCUT2D eigenvalue weighted by atomic mass is 10.4. The summed E-state index contributed by atoms with van der Waals surface area (Å²) in [5.74, 6) is -0.161. The Morgan fingerprint density at radius 1 is 1.50 bits per heavy atom. The molecule has 1 rings (SSSR count). The summed E-state index contributed by atoms with van der Waals surface area (Å²) in [4.78, 5) is 3.67. The lowest BCUT2D eigenvalue weighted by Gasteiger charge is -2.06. The van der Waals surface area contributed by atoms with Crippen molar-refractivity contribution in [1.29, 1.82) is 0 Å². The van der Waals surface area contributed by atoms with E-state index in [1.807, 2.05) is 0 Å². The molecule has 0 amide bonds. The molecule has 1 aromatic heterocycles. The summed E-state index contributed by atoms with van der Waals surface area (Å²) in [5.41, 5.74) is 0. The highest BCUT2D eigenvalue weighted by molar-refractivity contribution is 7.84. The van der Waals surface area contributed by atoms with E-state index in [4.69, 9.17) is 16.3 Å². The third-order valence-corrected chi connectivity index (χ3v) is 1.81. The number of ether oxygens (including phenoxy) is 1. The summed E-state index contributed by atoms with van der Waals surface area (Å²) in [6.07, 6.45) is 0. The van der Waals surface area contributed by atoms with Crippen LogP contribution in [0.1, 0.15) is 0 Å². The van der Waals surface area contributed by atoms with Gasteiger partial charge >= 0.3 is 10.3 Å². The molecule has 8 heteroatoms. The van der Waals surface area contributed by atoms with Crippen LogP contribution >= 0.6 is 11.6 Å². The highest BCUT2D eigenvalue weighted by atomic mass is 35.5. The van der Waals surface area contributed by atoms with Crippen molar-refractivity contribution >= 4 is 21.9 Å². The van der Waals surface area contributed by atoms with E-state index in [0.29, 0.717) is 0 Å². The lowest BCUT2D eigenvalue weighted by molar-refractivity contribution is 0.375. The molecule has 0 aliphatic rings. The smallest absolute Gasteiger partial charge is 0.380 e. The average Bonchev–Trinajstić information content (AvgIpc) is 2.06. The van der Waals surface area contributed by atoms with Gasteiger partial charge in [0.2, 0.25) is 5.75 Å². The van der Waals surface area contributed by atoms with Crippen molar-refractivity contribution in [3.63, 3.8) is 0 Å². The van der Waals surface area contributed by atoms with E-state index in [0.717, 1.165) is 0 Å². The molecule has 0 aliphatic heterocycles. The minimum Gasteiger partial charge on any atom is -0.478 e. The molecule has 0 spiro atoms. The van der Waals surface area contributed by atoms with Gasteiger partial charge in [0.15, 0.2) is 0 Å². The number of pyridine rings is 1. The quantitative estimate of drug-likeness (QED) is 0.766. The summed E-state index contributed by atoms with van der Waals surface area (Å²) in [5, 5.41) is 4.82. The third kappa shape index (κ3) is 3.02. The number of hydrogen-bond donors (Lipinski definition) is 1. The zero-order valence-electron chi connectivity index (χ0n) is 7.10. The van der Waals surface area contributed by atoms with E-state index in [-0.39, 0.29) is 16.8 Å². The van der Waals surface area contributed by atoms with Gasteiger partial charge in [-0.2, -0.15) is 18.5 Å². The predicted octanol–water partition coefficient (Wildman–Crippen LogP) is 0.326. The number of rotatable bonds is 3. The molecule has 6 nitrogen and oxygen atoms in total. The van der Waals surface area contributed by atoms with Crippen LogP contribution in [0.25, 0.3) is 0 Å². The van der Waals surface area contributed by atoms with Crippen molar-refractivity contribution in [2.24, 2.45) is 5.14 Å². The molecule has 2 N–H and O–H groups in total. The van der Waals surface area contributed by atoms with E-state index in [1.165, 1.54) is 19.2 Å². The standard InChI is InChI=1S/C6H7ClN2O4S/c1-12-6-4(13-14(8,10)11)2-3-5(7)9-6/h2-3H,1H3,(H2,8,10,11). The first-order valence-electron chi connectivity index (χ1n) is 3.35. The van der Waals surface area contributed by atoms with Crippen LogP contribution in [0.3, 0.4) is 0 Å². The fourth-order valence-electron chi connectivity index (χ4n) is 0.740. The first kappa shape index (κ1) is 11.0. The van der Waals surface area contributed by atoms with Gasteiger partial charge in [-0.15, -0.1) is 0 Å². The fraction of sp³-hybridized carbons (Fsp3) is 0.167. The Morgan fingerprint density at radius 2 is 2.14 bits per heavy atom. The second-order valence-electron chi connectivity index (χ2n) is 2.22. The van der Waals surface area contributed by atoms with E-state index in [2.05, 4.69) is 14.3 Å². The molecule has 0 saturated heterocycles. The Labute approximate surface area is 85.9 Å². The second kappa shape index (κ2) is 3.99. The minimum absolute atomic E-state index is 0.0495.